The maximum atomic E-state index is 13.5. The molecule has 8 heteroatoms. The van der Waals surface area contributed by atoms with Gasteiger partial charge in [0, 0.05) is 48.1 Å². The molecule has 7 nitrogen and oxygen atoms in total. The Bertz CT molecular complexity index is 1380. The second kappa shape index (κ2) is 11.1. The highest BCUT2D eigenvalue weighted by Gasteiger charge is 2.17. The Morgan fingerprint density at radius 1 is 1.14 bits per heavy atom. The number of ketones is 1. The number of carbonyl (C=O) groups is 1. The molecule has 0 saturated carbocycles. The summed E-state index contributed by atoms with van der Waals surface area (Å²) in [4.78, 5) is 33.7. The highest BCUT2D eigenvalue weighted by Crippen LogP contribution is 2.26. The van der Waals surface area contributed by atoms with Gasteiger partial charge in [0.15, 0.2) is 5.78 Å². The van der Waals surface area contributed by atoms with Crippen molar-refractivity contribution in [1.29, 1.82) is 0 Å². The van der Waals surface area contributed by atoms with Gasteiger partial charge in [-0.2, -0.15) is 5.10 Å². The molecule has 36 heavy (non-hydrogen) atoms. The van der Waals surface area contributed by atoms with Gasteiger partial charge >= 0.3 is 0 Å². The second-order valence-electron chi connectivity index (χ2n) is 9.35. The molecule has 0 fully saturated rings. The van der Waals surface area contributed by atoms with Gasteiger partial charge in [0.25, 0.3) is 5.56 Å². The molecule has 4 heterocycles. The molecule has 186 valence electrons. The van der Waals surface area contributed by atoms with Gasteiger partial charge in [-0.1, -0.05) is 30.3 Å². The average molecular weight is 502 g/mol. The summed E-state index contributed by atoms with van der Waals surface area (Å²) in [6.45, 7) is 1.97. The van der Waals surface area contributed by atoms with Gasteiger partial charge in [-0.25, -0.2) is 0 Å². The predicted molar refractivity (Wildman–Crippen MR) is 142 cm³/mol. The van der Waals surface area contributed by atoms with Crippen LogP contribution in [0.2, 0.25) is 0 Å². The van der Waals surface area contributed by atoms with E-state index in [1.807, 2.05) is 42.8 Å². The van der Waals surface area contributed by atoms with Crippen molar-refractivity contribution < 1.29 is 4.79 Å². The Kier molecular flexibility index (Phi) is 7.53. The summed E-state index contributed by atoms with van der Waals surface area (Å²) >= 11 is 1.82. The molecule has 1 aliphatic rings. The van der Waals surface area contributed by atoms with E-state index in [4.69, 9.17) is 0 Å². The van der Waals surface area contributed by atoms with Crippen molar-refractivity contribution in [1.82, 2.24) is 24.6 Å². The van der Waals surface area contributed by atoms with Crippen LogP contribution in [0.1, 0.15) is 39.4 Å². The van der Waals surface area contributed by atoms with Crippen molar-refractivity contribution in [3.63, 3.8) is 0 Å². The van der Waals surface area contributed by atoms with E-state index >= 15 is 0 Å². The van der Waals surface area contributed by atoms with E-state index in [9.17, 15) is 9.59 Å². The Labute approximate surface area is 214 Å². The number of hydrogen-bond acceptors (Lipinski definition) is 6. The summed E-state index contributed by atoms with van der Waals surface area (Å²) in [5.41, 5.74) is 4.33. The number of thiophene rings is 1. The normalized spacial score (nSPS) is 13.0. The highest BCUT2D eigenvalue weighted by molar-refractivity contribution is 7.12. The molecule has 1 N–H and O–H groups in total. The van der Waals surface area contributed by atoms with Crippen molar-refractivity contribution >= 4 is 17.1 Å². The molecule has 0 aliphatic carbocycles. The van der Waals surface area contributed by atoms with Crippen LogP contribution in [-0.2, 0) is 50.6 Å². The number of aryl methyl sites for hydroxylation is 4. The van der Waals surface area contributed by atoms with E-state index < -0.39 is 0 Å². The zero-order valence-corrected chi connectivity index (χ0v) is 21.4. The van der Waals surface area contributed by atoms with Crippen molar-refractivity contribution in [2.75, 3.05) is 6.54 Å². The number of carbonyl (C=O) groups excluding carboxylic acids is 1. The summed E-state index contributed by atoms with van der Waals surface area (Å²) in [7, 11) is 1.83. The lowest BCUT2D eigenvalue weighted by Crippen LogP contribution is -2.29. The minimum atomic E-state index is -0.185. The van der Waals surface area contributed by atoms with Crippen molar-refractivity contribution in [3.05, 3.63) is 91.9 Å². The van der Waals surface area contributed by atoms with E-state index in [0.717, 1.165) is 37.9 Å². The summed E-state index contributed by atoms with van der Waals surface area (Å²) in [6, 6.07) is 12.5. The van der Waals surface area contributed by atoms with Gasteiger partial charge in [-0.3, -0.25) is 23.8 Å². The zero-order valence-electron chi connectivity index (χ0n) is 20.6. The molecule has 1 aromatic carbocycles. The van der Waals surface area contributed by atoms with E-state index in [1.165, 1.54) is 20.9 Å². The highest BCUT2D eigenvalue weighted by atomic mass is 32.1. The molecule has 0 atom stereocenters. The lowest BCUT2D eigenvalue weighted by Gasteiger charge is -2.13. The number of benzene rings is 1. The van der Waals surface area contributed by atoms with Crippen LogP contribution in [0.5, 0.6) is 0 Å². The van der Waals surface area contributed by atoms with Crippen LogP contribution in [-0.4, -0.2) is 31.7 Å². The summed E-state index contributed by atoms with van der Waals surface area (Å²) in [5, 5.41) is 7.64. The summed E-state index contributed by atoms with van der Waals surface area (Å²) in [5.74, 6) is 0.0492. The summed E-state index contributed by atoms with van der Waals surface area (Å²) in [6.07, 6.45) is 9.72. The number of Topliss-reactive ketones (excluding diaryl/α,β-unsaturated/α-hetero) is 1. The topological polar surface area (TPSA) is 81.8 Å². The minimum Gasteiger partial charge on any atom is -0.312 e. The molecule has 5 rings (SSSR count). The number of hydrogen-bond donors (Lipinski definition) is 1. The van der Waals surface area contributed by atoms with Crippen LogP contribution in [0.15, 0.2) is 59.8 Å². The molecule has 0 spiro atoms. The van der Waals surface area contributed by atoms with Gasteiger partial charge in [0.05, 0.1) is 24.6 Å². The molecule has 4 aromatic rings. The first kappa shape index (κ1) is 24.3. The van der Waals surface area contributed by atoms with Gasteiger partial charge in [-0.05, 0) is 49.3 Å². The average Bonchev–Trinajstić information content (AvgIpc) is 3.51. The fourth-order valence-electron chi connectivity index (χ4n) is 4.70. The van der Waals surface area contributed by atoms with Gasteiger partial charge in [-0.15, -0.1) is 11.3 Å². The van der Waals surface area contributed by atoms with Crippen LogP contribution in [0, 0.1) is 0 Å². The Hall–Kier alpha value is -3.36. The second-order valence-corrected chi connectivity index (χ2v) is 10.6. The van der Waals surface area contributed by atoms with E-state index in [2.05, 4.69) is 33.6 Å². The van der Waals surface area contributed by atoms with Crippen molar-refractivity contribution in [3.8, 4) is 11.3 Å². The van der Waals surface area contributed by atoms with Crippen LogP contribution in [0.3, 0.4) is 0 Å². The largest absolute Gasteiger partial charge is 0.312 e. The number of fused-ring (bicyclic) bond motifs is 1. The van der Waals surface area contributed by atoms with Crippen LogP contribution in [0.25, 0.3) is 11.3 Å². The number of nitrogens with one attached hydrogen (secondary N) is 1. The fraction of sp³-hybridized carbons (Fsp3) is 0.357. The minimum absolute atomic E-state index is 0.0455. The van der Waals surface area contributed by atoms with Crippen LogP contribution >= 0.6 is 11.3 Å². The lowest BCUT2D eigenvalue weighted by molar-refractivity contribution is -0.119. The molecule has 3 aromatic heterocycles. The lowest BCUT2D eigenvalue weighted by atomic mass is 10.1. The SMILES string of the molecule is Cn1cc(-c2cnc(CCCc3ccccc3)c(=O)n2CC(=O)CCc2cc3c(s2)CCNC3)cn1. The molecular weight excluding hydrogens is 470 g/mol. The van der Waals surface area contributed by atoms with Gasteiger partial charge < -0.3 is 5.32 Å². The third-order valence-corrected chi connectivity index (χ3v) is 7.92. The molecular formula is C28H31N5O2S. The number of rotatable bonds is 10. The smallest absolute Gasteiger partial charge is 0.273 e. The maximum absolute atomic E-state index is 13.5. The molecule has 0 radical (unpaired) electrons. The summed E-state index contributed by atoms with van der Waals surface area (Å²) < 4.78 is 3.28. The Morgan fingerprint density at radius 2 is 2.00 bits per heavy atom. The zero-order chi connectivity index (χ0) is 24.9. The quantitative estimate of drug-likeness (QED) is 0.358. The first-order chi connectivity index (χ1) is 17.6. The third kappa shape index (κ3) is 5.71. The molecule has 1 aliphatic heterocycles. The number of nitrogens with zero attached hydrogens (tertiary/aromatic N) is 4. The Morgan fingerprint density at radius 3 is 2.78 bits per heavy atom. The van der Waals surface area contributed by atoms with E-state index in [1.54, 1.807) is 21.6 Å². The molecule has 0 bridgehead atoms. The van der Waals surface area contributed by atoms with E-state index in [-0.39, 0.29) is 17.9 Å². The van der Waals surface area contributed by atoms with Crippen LogP contribution < -0.4 is 10.9 Å². The van der Waals surface area contributed by atoms with Crippen molar-refractivity contribution in [2.45, 2.75) is 51.6 Å². The van der Waals surface area contributed by atoms with Crippen molar-refractivity contribution in [2.24, 2.45) is 7.05 Å². The molecule has 0 saturated heterocycles. The standard InChI is InChI=1S/C28H31N5O2S/c1-32-18-22(16-31-32)26-17-30-25(9-5-8-20-6-3-2-4-7-20)28(35)33(26)19-23(34)10-11-24-14-21-15-29-13-12-27(21)36-24/h2-4,6-7,14,16-18,29H,5,8-13,15,19H2,1H3. The maximum Gasteiger partial charge on any atom is 0.273 e. The first-order valence-electron chi connectivity index (χ1n) is 12.5. The van der Waals surface area contributed by atoms with Gasteiger partial charge in [0.1, 0.15) is 5.69 Å². The predicted octanol–water partition coefficient (Wildman–Crippen LogP) is 3.73. The number of aromatic nitrogens is 4. The van der Waals surface area contributed by atoms with E-state index in [0.29, 0.717) is 30.7 Å². The van der Waals surface area contributed by atoms with Gasteiger partial charge in [0.2, 0.25) is 0 Å². The monoisotopic (exact) mass is 501 g/mol. The fourth-order valence-corrected chi connectivity index (χ4v) is 5.89. The Balaban J connectivity index is 1.31. The van der Waals surface area contributed by atoms with Crippen LogP contribution in [0.4, 0.5) is 0 Å². The first-order valence-corrected chi connectivity index (χ1v) is 13.3. The third-order valence-electron chi connectivity index (χ3n) is 6.62. The molecule has 0 amide bonds. The molecule has 0 unspecified atom stereocenters.